The summed E-state index contributed by atoms with van der Waals surface area (Å²) in [6, 6.07) is 9.20. The Balaban J connectivity index is 2.15. The van der Waals surface area contributed by atoms with E-state index in [2.05, 4.69) is 57.3 Å². The summed E-state index contributed by atoms with van der Waals surface area (Å²) in [5, 5.41) is 3.59. The van der Waals surface area contributed by atoms with Crippen LogP contribution < -0.4 is 5.32 Å². The lowest BCUT2D eigenvalue weighted by Crippen LogP contribution is -2.31. The first-order valence-corrected chi connectivity index (χ1v) is 7.97. The second-order valence-corrected chi connectivity index (χ2v) is 6.79. The highest BCUT2D eigenvalue weighted by molar-refractivity contribution is 5.34. The molecule has 0 heterocycles. The van der Waals surface area contributed by atoms with Gasteiger partial charge in [0.25, 0.3) is 0 Å². The first-order valence-electron chi connectivity index (χ1n) is 7.97. The minimum atomic E-state index is -0.0842. The van der Waals surface area contributed by atoms with E-state index in [4.69, 9.17) is 4.74 Å². The van der Waals surface area contributed by atoms with Gasteiger partial charge in [0.1, 0.15) is 0 Å². The van der Waals surface area contributed by atoms with E-state index in [1.807, 2.05) is 0 Å². The molecule has 2 rings (SSSR count). The highest BCUT2D eigenvalue weighted by atomic mass is 16.5. The van der Waals surface area contributed by atoms with Crippen LogP contribution in [0.4, 0.5) is 0 Å². The van der Waals surface area contributed by atoms with Gasteiger partial charge in [-0.05, 0) is 57.2 Å². The summed E-state index contributed by atoms with van der Waals surface area (Å²) in [5.41, 5.74) is 2.88. The van der Waals surface area contributed by atoms with Crippen molar-refractivity contribution in [3.8, 4) is 0 Å². The van der Waals surface area contributed by atoms with Crippen molar-refractivity contribution in [1.82, 2.24) is 5.32 Å². The third-order valence-corrected chi connectivity index (χ3v) is 4.05. The van der Waals surface area contributed by atoms with E-state index < -0.39 is 0 Å². The van der Waals surface area contributed by atoms with Crippen LogP contribution in [0, 0.1) is 0 Å². The molecule has 0 saturated heterocycles. The van der Waals surface area contributed by atoms with Gasteiger partial charge >= 0.3 is 0 Å². The van der Waals surface area contributed by atoms with Crippen LogP contribution in [0.2, 0.25) is 0 Å². The molecule has 0 aliphatic heterocycles. The number of likely N-dealkylation sites (N-methyl/N-ethyl adjacent to an activating group) is 1. The smallest absolute Gasteiger partial charge is 0.0668 e. The van der Waals surface area contributed by atoms with Gasteiger partial charge in [-0.25, -0.2) is 0 Å². The number of hydrogen-bond acceptors (Lipinski definition) is 2. The van der Waals surface area contributed by atoms with E-state index in [0.717, 1.165) is 19.1 Å². The number of benzene rings is 1. The largest absolute Gasteiger partial charge is 0.374 e. The highest BCUT2D eigenvalue weighted by Crippen LogP contribution is 2.39. The fourth-order valence-corrected chi connectivity index (χ4v) is 2.76. The average molecular weight is 275 g/mol. The lowest BCUT2D eigenvalue weighted by Gasteiger charge is -2.32. The van der Waals surface area contributed by atoms with Crippen LogP contribution >= 0.6 is 0 Å². The van der Waals surface area contributed by atoms with Gasteiger partial charge < -0.3 is 10.1 Å². The SMILES string of the molecule is CCNC(COC(C)(C)C)c1ccccc1C1CCC1. The van der Waals surface area contributed by atoms with Crippen molar-refractivity contribution in [3.05, 3.63) is 35.4 Å². The Morgan fingerprint density at radius 2 is 1.95 bits per heavy atom. The molecule has 2 heteroatoms. The predicted octanol–water partition coefficient (Wildman–Crippen LogP) is 4.42. The molecule has 0 radical (unpaired) electrons. The molecule has 1 saturated carbocycles. The van der Waals surface area contributed by atoms with E-state index in [0.29, 0.717) is 6.04 Å². The monoisotopic (exact) mass is 275 g/mol. The van der Waals surface area contributed by atoms with Crippen molar-refractivity contribution in [2.75, 3.05) is 13.2 Å². The molecular formula is C18H29NO. The Bertz CT molecular complexity index is 418. The van der Waals surface area contributed by atoms with Gasteiger partial charge in [0.05, 0.1) is 18.2 Å². The number of rotatable bonds is 6. The summed E-state index contributed by atoms with van der Waals surface area (Å²) in [7, 11) is 0. The second kappa shape index (κ2) is 6.73. The van der Waals surface area contributed by atoms with E-state index >= 15 is 0 Å². The van der Waals surface area contributed by atoms with Crippen LogP contribution in [-0.2, 0) is 4.74 Å². The van der Waals surface area contributed by atoms with Gasteiger partial charge in [0.15, 0.2) is 0 Å². The molecule has 1 unspecified atom stereocenters. The topological polar surface area (TPSA) is 21.3 Å². The van der Waals surface area contributed by atoms with Crippen LogP contribution in [0.1, 0.15) is 70.0 Å². The zero-order valence-corrected chi connectivity index (χ0v) is 13.4. The molecule has 1 aromatic carbocycles. The molecular weight excluding hydrogens is 246 g/mol. The molecule has 1 aromatic rings. The maximum absolute atomic E-state index is 6.02. The van der Waals surface area contributed by atoms with Gasteiger partial charge in [-0.15, -0.1) is 0 Å². The molecule has 0 aromatic heterocycles. The van der Waals surface area contributed by atoms with Crippen molar-refractivity contribution in [2.24, 2.45) is 0 Å². The lowest BCUT2D eigenvalue weighted by atomic mass is 9.77. The van der Waals surface area contributed by atoms with Crippen LogP contribution in [-0.4, -0.2) is 18.8 Å². The summed E-state index contributed by atoms with van der Waals surface area (Å²) < 4.78 is 6.02. The van der Waals surface area contributed by atoms with Crippen molar-refractivity contribution < 1.29 is 4.74 Å². The molecule has 1 atom stereocenters. The molecule has 1 N–H and O–H groups in total. The molecule has 0 spiro atoms. The summed E-state index contributed by atoms with van der Waals surface area (Å²) in [5.74, 6) is 0.766. The van der Waals surface area contributed by atoms with Gasteiger partial charge in [-0.3, -0.25) is 0 Å². The second-order valence-electron chi connectivity index (χ2n) is 6.79. The summed E-state index contributed by atoms with van der Waals surface area (Å²) in [6.45, 7) is 10.2. The first kappa shape index (κ1) is 15.5. The molecule has 112 valence electrons. The van der Waals surface area contributed by atoms with Gasteiger partial charge in [-0.2, -0.15) is 0 Å². The summed E-state index contributed by atoms with van der Waals surface area (Å²) in [4.78, 5) is 0. The van der Waals surface area contributed by atoms with E-state index in [1.165, 1.54) is 30.4 Å². The van der Waals surface area contributed by atoms with Gasteiger partial charge in [0, 0.05) is 0 Å². The molecule has 20 heavy (non-hydrogen) atoms. The standard InChI is InChI=1S/C18H29NO/c1-5-19-17(13-20-18(2,3)4)16-12-7-6-11-15(16)14-9-8-10-14/h6-7,11-12,14,17,19H,5,8-10,13H2,1-4H3. The molecule has 0 amide bonds. The summed E-state index contributed by atoms with van der Waals surface area (Å²) in [6.07, 6.45) is 4.06. The van der Waals surface area contributed by atoms with Gasteiger partial charge in [-0.1, -0.05) is 37.6 Å². The number of nitrogens with one attached hydrogen (secondary N) is 1. The van der Waals surface area contributed by atoms with Crippen LogP contribution in [0.5, 0.6) is 0 Å². The van der Waals surface area contributed by atoms with Crippen LogP contribution in [0.3, 0.4) is 0 Å². The fraction of sp³-hybridized carbons (Fsp3) is 0.667. The Labute approximate surface area is 123 Å². The quantitative estimate of drug-likeness (QED) is 0.830. The zero-order chi connectivity index (χ0) is 14.6. The molecule has 1 aliphatic rings. The van der Waals surface area contributed by atoms with E-state index in [1.54, 1.807) is 0 Å². The molecule has 1 aliphatic carbocycles. The van der Waals surface area contributed by atoms with Crippen LogP contribution in [0.25, 0.3) is 0 Å². The Kier molecular flexibility index (Phi) is 5.22. The van der Waals surface area contributed by atoms with Gasteiger partial charge in [0.2, 0.25) is 0 Å². The first-order chi connectivity index (χ1) is 9.51. The minimum Gasteiger partial charge on any atom is -0.374 e. The highest BCUT2D eigenvalue weighted by Gasteiger charge is 2.25. The maximum Gasteiger partial charge on any atom is 0.0668 e. The number of hydrogen-bond donors (Lipinski definition) is 1. The van der Waals surface area contributed by atoms with E-state index in [9.17, 15) is 0 Å². The lowest BCUT2D eigenvalue weighted by molar-refractivity contribution is -0.0147. The molecule has 1 fully saturated rings. The predicted molar refractivity (Wildman–Crippen MR) is 85.2 cm³/mol. The maximum atomic E-state index is 6.02. The Morgan fingerprint density at radius 1 is 1.25 bits per heavy atom. The average Bonchev–Trinajstić information content (AvgIpc) is 2.32. The van der Waals surface area contributed by atoms with Crippen molar-refractivity contribution in [1.29, 1.82) is 0 Å². The normalized spacial score (nSPS) is 17.8. The summed E-state index contributed by atoms with van der Waals surface area (Å²) >= 11 is 0. The Morgan fingerprint density at radius 3 is 2.50 bits per heavy atom. The third-order valence-electron chi connectivity index (χ3n) is 4.05. The van der Waals surface area contributed by atoms with Crippen molar-refractivity contribution >= 4 is 0 Å². The molecule has 2 nitrogen and oxygen atoms in total. The minimum absolute atomic E-state index is 0.0842. The number of ether oxygens (including phenoxy) is 1. The Hall–Kier alpha value is -0.860. The van der Waals surface area contributed by atoms with Crippen molar-refractivity contribution in [2.45, 2.75) is 64.5 Å². The van der Waals surface area contributed by atoms with Crippen molar-refractivity contribution in [3.63, 3.8) is 0 Å². The van der Waals surface area contributed by atoms with Crippen LogP contribution in [0.15, 0.2) is 24.3 Å². The third kappa shape index (κ3) is 4.07. The molecule has 0 bridgehead atoms. The zero-order valence-electron chi connectivity index (χ0n) is 13.4. The fourth-order valence-electron chi connectivity index (χ4n) is 2.76. The van der Waals surface area contributed by atoms with E-state index in [-0.39, 0.29) is 5.60 Å².